The van der Waals surface area contributed by atoms with Crippen molar-refractivity contribution in [1.29, 1.82) is 0 Å². The van der Waals surface area contributed by atoms with Crippen molar-refractivity contribution < 1.29 is 30.8 Å². The van der Waals surface area contributed by atoms with Crippen molar-refractivity contribution in [2.45, 2.75) is 37.0 Å². The monoisotopic (exact) mass is 414 g/mol. The van der Waals surface area contributed by atoms with E-state index in [2.05, 4.69) is 0 Å². The molecule has 0 spiro atoms. The van der Waals surface area contributed by atoms with Crippen LogP contribution in [0.1, 0.15) is 19.4 Å². The van der Waals surface area contributed by atoms with E-state index in [4.69, 9.17) is 0 Å². The zero-order chi connectivity index (χ0) is 19.9. The molecule has 0 N–H and O–H groups in total. The second kappa shape index (κ2) is 7.35. The Labute approximate surface area is 153 Å². The number of nitrogens with zero attached hydrogens (tertiary/aromatic N) is 2. The summed E-state index contributed by atoms with van der Waals surface area (Å²) >= 11 is 1.14. The molecule has 1 saturated heterocycles. The van der Waals surface area contributed by atoms with Gasteiger partial charge < -0.3 is 4.90 Å². The molecule has 1 aliphatic heterocycles. The summed E-state index contributed by atoms with van der Waals surface area (Å²) in [5.41, 5.74) is -1.27. The van der Waals surface area contributed by atoms with Crippen LogP contribution in [-0.4, -0.2) is 54.3 Å². The third kappa shape index (κ3) is 3.99. The Balaban J connectivity index is 2.45. The van der Waals surface area contributed by atoms with Crippen LogP contribution in [0.2, 0.25) is 0 Å². The van der Waals surface area contributed by atoms with E-state index < -0.39 is 44.4 Å². The first kappa shape index (κ1) is 21.0. The smallest absolute Gasteiger partial charge is 0.342 e. The molecule has 2 rings (SSSR count). The van der Waals surface area contributed by atoms with E-state index in [0.717, 1.165) is 16.1 Å². The highest BCUT2D eigenvalue weighted by molar-refractivity contribution is 8.00. The van der Waals surface area contributed by atoms with Crippen LogP contribution < -0.4 is 0 Å². The van der Waals surface area contributed by atoms with Crippen molar-refractivity contribution >= 4 is 27.7 Å². The maximum Gasteiger partial charge on any atom is 0.416 e. The standard InChI is InChI=1S/C15H18F4N2O3S2/c1-9(2)20(3)14(22)12-7-25-8-21(12)26(23,24)13-6-10(15(17,18)19)4-5-11(13)16/h4-6,9,12H,7-8H2,1-3H3. The number of sulfonamides is 1. The van der Waals surface area contributed by atoms with E-state index >= 15 is 0 Å². The molecule has 0 bridgehead atoms. The minimum absolute atomic E-state index is 0.139. The zero-order valence-corrected chi connectivity index (χ0v) is 15.9. The van der Waals surface area contributed by atoms with Gasteiger partial charge in [0, 0.05) is 18.8 Å². The molecule has 1 aromatic rings. The molecule has 0 radical (unpaired) electrons. The first-order valence-electron chi connectivity index (χ1n) is 7.60. The second-order valence-corrected chi connectivity index (χ2v) is 8.95. The largest absolute Gasteiger partial charge is 0.416 e. The molecule has 1 aromatic carbocycles. The molecule has 26 heavy (non-hydrogen) atoms. The lowest BCUT2D eigenvalue weighted by Crippen LogP contribution is -2.49. The van der Waals surface area contributed by atoms with Crippen molar-refractivity contribution in [2.75, 3.05) is 18.7 Å². The summed E-state index contributed by atoms with van der Waals surface area (Å²) in [6.45, 7) is 3.48. The Morgan fingerprint density at radius 1 is 1.35 bits per heavy atom. The van der Waals surface area contributed by atoms with E-state index in [1.807, 2.05) is 0 Å². The molecule has 1 amide bonds. The number of carbonyl (C=O) groups is 1. The average Bonchev–Trinajstić information content (AvgIpc) is 3.02. The Hall–Kier alpha value is -1.33. The number of amides is 1. The molecule has 5 nitrogen and oxygen atoms in total. The minimum Gasteiger partial charge on any atom is -0.342 e. The van der Waals surface area contributed by atoms with Gasteiger partial charge in [-0.2, -0.15) is 17.5 Å². The Bertz CT molecular complexity index is 797. The predicted molar refractivity (Wildman–Crippen MR) is 89.4 cm³/mol. The van der Waals surface area contributed by atoms with Gasteiger partial charge in [-0.3, -0.25) is 4.79 Å². The third-order valence-corrected chi connectivity index (χ3v) is 7.14. The van der Waals surface area contributed by atoms with Crippen LogP contribution in [0.25, 0.3) is 0 Å². The van der Waals surface area contributed by atoms with Crippen molar-refractivity contribution in [3.63, 3.8) is 0 Å². The fraction of sp³-hybridized carbons (Fsp3) is 0.533. The summed E-state index contributed by atoms with van der Waals surface area (Å²) in [6, 6.07) is -0.0751. The van der Waals surface area contributed by atoms with Gasteiger partial charge in [-0.25, -0.2) is 12.8 Å². The molecular formula is C15H18F4N2O3S2. The topological polar surface area (TPSA) is 57.7 Å². The van der Waals surface area contributed by atoms with Crippen LogP contribution in [0, 0.1) is 5.82 Å². The molecule has 1 unspecified atom stereocenters. The quantitative estimate of drug-likeness (QED) is 0.711. The minimum atomic E-state index is -4.81. The maximum atomic E-state index is 14.0. The van der Waals surface area contributed by atoms with Gasteiger partial charge in [-0.15, -0.1) is 11.8 Å². The molecule has 1 fully saturated rings. The number of benzene rings is 1. The fourth-order valence-corrected chi connectivity index (χ4v) is 5.58. The second-order valence-electron chi connectivity index (χ2n) is 6.09. The maximum absolute atomic E-state index is 14.0. The summed E-state index contributed by atoms with van der Waals surface area (Å²) in [5.74, 6) is -1.77. The number of halogens is 4. The average molecular weight is 414 g/mol. The number of hydrogen-bond acceptors (Lipinski definition) is 4. The fourth-order valence-electron chi connectivity index (χ4n) is 2.35. The normalized spacial score (nSPS) is 19.2. The summed E-state index contributed by atoms with van der Waals surface area (Å²) in [5, 5.41) is 0. The van der Waals surface area contributed by atoms with Gasteiger partial charge in [0.1, 0.15) is 16.8 Å². The number of alkyl halides is 3. The van der Waals surface area contributed by atoms with E-state index in [1.54, 1.807) is 13.8 Å². The Morgan fingerprint density at radius 2 is 1.96 bits per heavy atom. The van der Waals surface area contributed by atoms with Crippen LogP contribution >= 0.6 is 11.8 Å². The van der Waals surface area contributed by atoms with Crippen molar-refractivity contribution in [2.24, 2.45) is 0 Å². The van der Waals surface area contributed by atoms with Gasteiger partial charge >= 0.3 is 6.18 Å². The molecular weight excluding hydrogens is 396 g/mol. The Kier molecular flexibility index (Phi) is 5.93. The molecule has 1 heterocycles. The zero-order valence-electron chi connectivity index (χ0n) is 14.2. The first-order valence-corrected chi connectivity index (χ1v) is 10.2. The highest BCUT2D eigenvalue weighted by atomic mass is 32.2. The summed E-state index contributed by atoms with van der Waals surface area (Å²) in [4.78, 5) is 12.8. The lowest BCUT2D eigenvalue weighted by atomic mass is 10.2. The summed E-state index contributed by atoms with van der Waals surface area (Å²) in [6.07, 6.45) is -4.81. The van der Waals surface area contributed by atoms with Crippen LogP contribution in [0.3, 0.4) is 0 Å². The van der Waals surface area contributed by atoms with E-state index in [9.17, 15) is 30.8 Å². The van der Waals surface area contributed by atoms with Gasteiger partial charge in [0.2, 0.25) is 15.9 Å². The van der Waals surface area contributed by atoms with Crippen LogP contribution in [0.5, 0.6) is 0 Å². The van der Waals surface area contributed by atoms with Crippen molar-refractivity contribution in [3.05, 3.63) is 29.6 Å². The number of thioether (sulfide) groups is 1. The van der Waals surface area contributed by atoms with Crippen LogP contribution in [0.4, 0.5) is 17.6 Å². The molecule has 0 saturated carbocycles. The molecule has 1 atom stereocenters. The van der Waals surface area contributed by atoms with Crippen LogP contribution in [0.15, 0.2) is 23.1 Å². The van der Waals surface area contributed by atoms with Crippen LogP contribution in [-0.2, 0) is 21.0 Å². The number of likely N-dealkylation sites (N-methyl/N-ethyl adjacent to an activating group) is 1. The van der Waals surface area contributed by atoms with Gasteiger partial charge in [0.05, 0.1) is 11.4 Å². The molecule has 11 heteroatoms. The molecule has 1 aliphatic rings. The summed E-state index contributed by atoms with van der Waals surface area (Å²) < 4.78 is 79.0. The highest BCUT2D eigenvalue weighted by Crippen LogP contribution is 2.35. The third-order valence-electron chi connectivity index (χ3n) is 4.09. The lowest BCUT2D eigenvalue weighted by molar-refractivity contribution is -0.138. The van der Waals surface area contributed by atoms with Gasteiger partial charge in [0.15, 0.2) is 0 Å². The van der Waals surface area contributed by atoms with Gasteiger partial charge in [-0.05, 0) is 32.0 Å². The Morgan fingerprint density at radius 3 is 2.50 bits per heavy atom. The van der Waals surface area contributed by atoms with Gasteiger partial charge in [0.25, 0.3) is 0 Å². The van der Waals surface area contributed by atoms with Crippen molar-refractivity contribution in [3.8, 4) is 0 Å². The molecule has 0 aliphatic carbocycles. The van der Waals surface area contributed by atoms with Gasteiger partial charge in [-0.1, -0.05) is 0 Å². The predicted octanol–water partition coefficient (Wildman–Crippen LogP) is 2.77. The van der Waals surface area contributed by atoms with E-state index in [0.29, 0.717) is 12.1 Å². The molecule has 0 aromatic heterocycles. The summed E-state index contributed by atoms with van der Waals surface area (Å²) in [7, 11) is -3.11. The molecule has 146 valence electrons. The lowest BCUT2D eigenvalue weighted by Gasteiger charge is -2.29. The SMILES string of the molecule is CC(C)N(C)C(=O)C1CSCN1S(=O)(=O)c1cc(C(F)(F)F)ccc1F. The number of carbonyl (C=O) groups excluding carboxylic acids is 1. The van der Waals surface area contributed by atoms with E-state index in [-0.39, 0.29) is 23.7 Å². The first-order chi connectivity index (χ1) is 11.9. The highest BCUT2D eigenvalue weighted by Gasteiger charge is 2.43. The van der Waals surface area contributed by atoms with Crippen molar-refractivity contribution in [1.82, 2.24) is 9.21 Å². The number of rotatable bonds is 4. The number of hydrogen-bond donors (Lipinski definition) is 0. The van der Waals surface area contributed by atoms with E-state index in [1.165, 1.54) is 11.9 Å².